The summed E-state index contributed by atoms with van der Waals surface area (Å²) in [4.78, 5) is 36.5. The van der Waals surface area contributed by atoms with Gasteiger partial charge in [0.05, 0.1) is 19.4 Å². The van der Waals surface area contributed by atoms with Crippen molar-refractivity contribution in [1.82, 2.24) is 0 Å². The average Bonchev–Trinajstić information content (AvgIpc) is 2.81. The molecule has 0 aromatic heterocycles. The van der Waals surface area contributed by atoms with Gasteiger partial charge in [0.15, 0.2) is 5.78 Å². The first kappa shape index (κ1) is 22.7. The molecule has 3 aromatic rings. The van der Waals surface area contributed by atoms with Gasteiger partial charge in [-0.15, -0.1) is 0 Å². The number of carbonyl (C=O) groups excluding carboxylic acids is 3. The van der Waals surface area contributed by atoms with Gasteiger partial charge in [0, 0.05) is 12.5 Å². The molecular weight excluding hydrogens is 408 g/mol. The fourth-order valence-electron chi connectivity index (χ4n) is 3.22. The van der Waals surface area contributed by atoms with Gasteiger partial charge < -0.3 is 14.2 Å². The van der Waals surface area contributed by atoms with Crippen LogP contribution in [0.4, 0.5) is 0 Å². The van der Waals surface area contributed by atoms with E-state index >= 15 is 0 Å². The van der Waals surface area contributed by atoms with E-state index < -0.39 is 17.9 Å². The van der Waals surface area contributed by atoms with Crippen LogP contribution in [0, 0.1) is 0 Å². The van der Waals surface area contributed by atoms with E-state index in [-0.39, 0.29) is 12.2 Å². The van der Waals surface area contributed by atoms with Crippen LogP contribution in [0.1, 0.15) is 40.7 Å². The van der Waals surface area contributed by atoms with Gasteiger partial charge in [-0.3, -0.25) is 14.4 Å². The molecule has 32 heavy (non-hydrogen) atoms. The predicted molar refractivity (Wildman–Crippen MR) is 119 cm³/mol. The quantitative estimate of drug-likeness (QED) is 0.277. The molecular formula is C26H24O6. The Morgan fingerprint density at radius 1 is 0.812 bits per heavy atom. The molecule has 0 saturated carbocycles. The first-order chi connectivity index (χ1) is 15.5. The summed E-state index contributed by atoms with van der Waals surface area (Å²) in [5.41, 5.74) is 2.09. The molecule has 0 aliphatic rings. The van der Waals surface area contributed by atoms with Gasteiger partial charge >= 0.3 is 11.9 Å². The van der Waals surface area contributed by atoms with Crippen molar-refractivity contribution in [1.29, 1.82) is 0 Å². The number of esters is 2. The number of methoxy groups -OCH3 is 1. The molecule has 3 rings (SSSR count). The number of hydrogen-bond donors (Lipinski definition) is 0. The summed E-state index contributed by atoms with van der Waals surface area (Å²) >= 11 is 0. The van der Waals surface area contributed by atoms with E-state index in [1.54, 1.807) is 55.6 Å². The number of hydrogen-bond acceptors (Lipinski definition) is 6. The lowest BCUT2D eigenvalue weighted by Gasteiger charge is -2.16. The van der Waals surface area contributed by atoms with E-state index in [0.717, 1.165) is 12.5 Å². The third-order valence-corrected chi connectivity index (χ3v) is 4.85. The van der Waals surface area contributed by atoms with Gasteiger partial charge in [-0.25, -0.2) is 0 Å². The highest BCUT2D eigenvalue weighted by molar-refractivity contribution is 6.03. The third kappa shape index (κ3) is 6.28. The number of ether oxygens (including phenoxy) is 3. The normalized spacial score (nSPS) is 11.3. The van der Waals surface area contributed by atoms with Gasteiger partial charge in [-0.05, 0) is 47.5 Å². The van der Waals surface area contributed by atoms with Crippen LogP contribution in [0.2, 0.25) is 0 Å². The Labute approximate surface area is 186 Å². The number of rotatable bonds is 9. The number of Topliss-reactive ketones (excluding diaryl/α,β-unsaturated/α-hetero) is 1. The number of ketones is 1. The highest BCUT2D eigenvalue weighted by Crippen LogP contribution is 2.28. The van der Waals surface area contributed by atoms with Gasteiger partial charge in [0.25, 0.3) is 0 Å². The Morgan fingerprint density at radius 3 is 2.03 bits per heavy atom. The topological polar surface area (TPSA) is 78.9 Å². The highest BCUT2D eigenvalue weighted by atomic mass is 16.6. The Kier molecular flexibility index (Phi) is 7.75. The predicted octanol–water partition coefficient (Wildman–Crippen LogP) is 4.72. The van der Waals surface area contributed by atoms with Crippen molar-refractivity contribution in [3.8, 4) is 11.5 Å². The Hall–Kier alpha value is -3.93. The molecule has 0 bridgehead atoms. The highest BCUT2D eigenvalue weighted by Gasteiger charge is 2.26. The van der Waals surface area contributed by atoms with Crippen molar-refractivity contribution >= 4 is 17.7 Å². The van der Waals surface area contributed by atoms with Crippen molar-refractivity contribution in [3.05, 3.63) is 95.6 Å². The molecule has 0 N–H and O–H groups in total. The smallest absolute Gasteiger partial charge is 0.314 e. The lowest BCUT2D eigenvalue weighted by molar-refractivity contribution is -0.158. The minimum Gasteiger partial charge on any atom is -0.497 e. The second-order valence-electron chi connectivity index (χ2n) is 7.16. The standard InChI is InChI=1S/C26H24O6/c1-18(27)32-25(28)16-24(20-8-12-22(30-2)13-9-20)26(29)21-10-14-23(15-11-21)31-17-19-6-4-3-5-7-19/h3-15,24H,16-17H2,1-2H3. The second-order valence-corrected chi connectivity index (χ2v) is 7.16. The summed E-state index contributed by atoms with van der Waals surface area (Å²) in [6, 6.07) is 23.4. The van der Waals surface area contributed by atoms with E-state index in [4.69, 9.17) is 9.47 Å². The van der Waals surface area contributed by atoms with Gasteiger partial charge in [0.2, 0.25) is 0 Å². The summed E-state index contributed by atoms with van der Waals surface area (Å²) in [5.74, 6) is -1.27. The molecule has 0 saturated heterocycles. The zero-order valence-corrected chi connectivity index (χ0v) is 17.9. The lowest BCUT2D eigenvalue weighted by atomic mass is 9.88. The molecule has 0 amide bonds. The van der Waals surface area contributed by atoms with E-state index in [0.29, 0.717) is 29.2 Å². The van der Waals surface area contributed by atoms with Crippen molar-refractivity contribution in [2.75, 3.05) is 7.11 Å². The molecule has 1 unspecified atom stereocenters. The van der Waals surface area contributed by atoms with Crippen LogP contribution in [0.15, 0.2) is 78.9 Å². The fourth-order valence-corrected chi connectivity index (χ4v) is 3.22. The van der Waals surface area contributed by atoms with Gasteiger partial charge in [-0.2, -0.15) is 0 Å². The molecule has 1 atom stereocenters. The minimum absolute atomic E-state index is 0.253. The maximum absolute atomic E-state index is 13.2. The molecule has 6 heteroatoms. The van der Waals surface area contributed by atoms with Crippen LogP contribution in [-0.4, -0.2) is 24.8 Å². The first-order valence-corrected chi connectivity index (χ1v) is 10.1. The van der Waals surface area contributed by atoms with Crippen LogP contribution >= 0.6 is 0 Å². The third-order valence-electron chi connectivity index (χ3n) is 4.85. The summed E-state index contributed by atoms with van der Waals surface area (Å²) in [7, 11) is 1.54. The van der Waals surface area contributed by atoms with Crippen molar-refractivity contribution in [2.45, 2.75) is 25.9 Å². The number of carbonyl (C=O) groups is 3. The zero-order valence-electron chi connectivity index (χ0n) is 17.9. The summed E-state index contributed by atoms with van der Waals surface area (Å²) in [6.07, 6.45) is -0.253. The largest absolute Gasteiger partial charge is 0.497 e. The number of benzene rings is 3. The molecule has 0 fully saturated rings. The van der Waals surface area contributed by atoms with Crippen LogP contribution in [0.5, 0.6) is 11.5 Å². The van der Waals surface area contributed by atoms with Crippen molar-refractivity contribution in [3.63, 3.8) is 0 Å². The maximum Gasteiger partial charge on any atom is 0.314 e. The summed E-state index contributed by atoms with van der Waals surface area (Å²) < 4.78 is 15.6. The van der Waals surface area contributed by atoms with Crippen LogP contribution in [0.25, 0.3) is 0 Å². The van der Waals surface area contributed by atoms with Gasteiger partial charge in [-0.1, -0.05) is 42.5 Å². The minimum atomic E-state index is -0.802. The van der Waals surface area contributed by atoms with Crippen molar-refractivity contribution in [2.24, 2.45) is 0 Å². The molecule has 164 valence electrons. The second kappa shape index (κ2) is 10.9. The van der Waals surface area contributed by atoms with E-state index in [1.807, 2.05) is 30.3 Å². The zero-order chi connectivity index (χ0) is 22.9. The SMILES string of the molecule is COc1ccc(C(CC(=O)OC(C)=O)C(=O)c2ccc(OCc3ccccc3)cc2)cc1. The molecule has 0 radical (unpaired) electrons. The Morgan fingerprint density at radius 2 is 1.44 bits per heavy atom. The molecule has 0 spiro atoms. The van der Waals surface area contributed by atoms with E-state index in [1.165, 1.54) is 0 Å². The lowest BCUT2D eigenvalue weighted by Crippen LogP contribution is -2.20. The molecule has 0 aliphatic carbocycles. The average molecular weight is 432 g/mol. The molecule has 0 aliphatic heterocycles. The Balaban J connectivity index is 1.76. The molecule has 3 aromatic carbocycles. The van der Waals surface area contributed by atoms with Gasteiger partial charge in [0.1, 0.15) is 18.1 Å². The van der Waals surface area contributed by atoms with Crippen LogP contribution in [-0.2, 0) is 20.9 Å². The first-order valence-electron chi connectivity index (χ1n) is 10.1. The van der Waals surface area contributed by atoms with Crippen molar-refractivity contribution < 1.29 is 28.6 Å². The van der Waals surface area contributed by atoms with E-state index in [9.17, 15) is 14.4 Å². The summed E-state index contributed by atoms with van der Waals surface area (Å²) in [5, 5.41) is 0. The molecule has 6 nitrogen and oxygen atoms in total. The van der Waals surface area contributed by atoms with E-state index in [2.05, 4.69) is 4.74 Å². The monoisotopic (exact) mass is 432 g/mol. The Bertz CT molecular complexity index is 1060. The van der Waals surface area contributed by atoms with Crippen LogP contribution in [0.3, 0.4) is 0 Å². The fraction of sp³-hybridized carbons (Fsp3) is 0.192. The summed E-state index contributed by atoms with van der Waals surface area (Å²) in [6.45, 7) is 1.57. The van der Waals surface area contributed by atoms with Crippen LogP contribution < -0.4 is 9.47 Å². The molecule has 0 heterocycles. The maximum atomic E-state index is 13.2.